The van der Waals surface area contributed by atoms with Crippen LogP contribution in [0.25, 0.3) is 16.7 Å². The van der Waals surface area contributed by atoms with Gasteiger partial charge >= 0.3 is 17.9 Å². The van der Waals surface area contributed by atoms with E-state index in [1.54, 1.807) is 52.0 Å². The maximum absolute atomic E-state index is 12.5. The van der Waals surface area contributed by atoms with E-state index in [-0.39, 0.29) is 32.5 Å². The number of carbonyl (C=O) groups is 3. The highest BCUT2D eigenvalue weighted by atomic mass is 19.1. The SMILES string of the molecule is C.C.CCOc1ccc(-n2c([C@@H](C)NC(=O)OC(C)(C)C)nc3ccccc32)cc1.CCOc1ccc(Nc2ccccc2N)cc1.CCOc1ccc(Nc2ccccc2NC(=O)[C@@H](C)NC(=O)OC(C)(C)C)cc1.CCOc1ccc(Nc2ccccc2[N+](=O)[O-])cc1.O=[N+]([O-])c1ccccc1F. The number of nitro benzene ring substituents is 2. The van der Waals surface area contributed by atoms with Gasteiger partial charge in [0.1, 0.15) is 51.8 Å². The minimum atomic E-state index is -0.799. The van der Waals surface area contributed by atoms with E-state index in [1.165, 1.54) is 18.2 Å². The molecule has 0 aliphatic carbocycles. The van der Waals surface area contributed by atoms with Gasteiger partial charge in [0, 0.05) is 34.9 Å². The molecule has 1 heterocycles. The summed E-state index contributed by atoms with van der Waals surface area (Å²) in [6.45, 7) is 24.6. The molecule has 24 nitrogen and oxygen atoms in total. The molecule has 10 rings (SSSR count). The monoisotopic (exact) mass is 1440 g/mol. The first kappa shape index (κ1) is 85.0. The minimum Gasteiger partial charge on any atom is -0.494 e. The van der Waals surface area contributed by atoms with E-state index in [2.05, 4.69) is 31.9 Å². The van der Waals surface area contributed by atoms with E-state index < -0.39 is 50.8 Å². The van der Waals surface area contributed by atoms with Crippen LogP contribution in [0.1, 0.15) is 110 Å². The Morgan fingerprint density at radius 3 is 1.30 bits per heavy atom. The number of nitrogen functional groups attached to an aromatic ring is 1. The van der Waals surface area contributed by atoms with Crippen molar-refractivity contribution in [1.29, 1.82) is 0 Å². The molecule has 0 unspecified atom stereocenters. The van der Waals surface area contributed by atoms with Crippen molar-refractivity contribution in [1.82, 2.24) is 20.2 Å². The number of amides is 3. The molecule has 0 saturated heterocycles. The Morgan fingerprint density at radius 2 is 0.857 bits per heavy atom. The predicted octanol–water partition coefficient (Wildman–Crippen LogP) is 19.8. The second-order valence-electron chi connectivity index (χ2n) is 24.3. The summed E-state index contributed by atoms with van der Waals surface area (Å²) in [5, 5.41) is 38.7. The number of ether oxygens (including phenoxy) is 6. The summed E-state index contributed by atoms with van der Waals surface area (Å²) in [7, 11) is 0. The average molecular weight is 1440 g/mol. The van der Waals surface area contributed by atoms with E-state index in [1.807, 2.05) is 224 Å². The zero-order valence-electron chi connectivity index (χ0n) is 59.8. The van der Waals surface area contributed by atoms with Crippen LogP contribution in [0.5, 0.6) is 23.0 Å². The third-order valence-corrected chi connectivity index (χ3v) is 13.9. The van der Waals surface area contributed by atoms with Gasteiger partial charge in [-0.25, -0.2) is 14.6 Å². The number of halogens is 1. The number of hydrogen-bond donors (Lipinski definition) is 7. The standard InChI is InChI=1S/C22H29N3O4.C22H27N3O3.C14H14N2O3.C14H16N2O.C6H4FNO2.2CH4/c1-6-28-17-13-11-16(12-14-17)24-18-9-7-8-10-19(18)25-20(26)15(2)23-21(27)29-22(3,4)5;1-6-27-17-13-11-16(12-14-17)25-19-10-8-7-9-18(19)24-20(25)15(2)23-21(26)28-22(3,4)5;1-2-19-12-9-7-11(8-10-12)15-13-5-3-4-6-14(13)16(17)18;1-2-17-12-9-7-11(8-10-12)16-14-6-4-3-5-13(14)15;7-5-3-1-2-4-6(5)8(9)10;;/h7-15,24H,6H2,1-5H3,(H,23,27)(H,25,26);7-15H,6H2,1-5H3,(H,23,26);3-10,15H,2H2,1H3;3-10,16H,2,15H2,1H3;1-4H;2*1H4/t2*15-;;;;;/m11...../s1. The Labute approximate surface area is 614 Å². The number of imidazole rings is 1. The number of nitro groups is 2. The highest BCUT2D eigenvalue weighted by Crippen LogP contribution is 2.31. The lowest BCUT2D eigenvalue weighted by atomic mass is 10.2. The third-order valence-electron chi connectivity index (χ3n) is 13.9. The lowest BCUT2D eigenvalue weighted by Crippen LogP contribution is -2.44. The Hall–Kier alpha value is -12.4. The van der Waals surface area contributed by atoms with Crippen molar-refractivity contribution in [3.8, 4) is 28.7 Å². The molecule has 0 spiro atoms. The van der Waals surface area contributed by atoms with Crippen LogP contribution in [0.3, 0.4) is 0 Å². The summed E-state index contributed by atoms with van der Waals surface area (Å²) in [5.41, 5.74) is 13.1. The van der Waals surface area contributed by atoms with Crippen molar-refractivity contribution in [3.63, 3.8) is 0 Å². The van der Waals surface area contributed by atoms with Gasteiger partial charge in [-0.2, -0.15) is 4.39 Å². The van der Waals surface area contributed by atoms with Crippen LogP contribution >= 0.6 is 0 Å². The van der Waals surface area contributed by atoms with E-state index in [0.717, 1.165) is 91.8 Å². The van der Waals surface area contributed by atoms with Crippen molar-refractivity contribution < 1.29 is 57.0 Å². The number of para-hydroxylation sites is 9. The normalized spacial score (nSPS) is 10.9. The third kappa shape index (κ3) is 28.5. The van der Waals surface area contributed by atoms with Crippen LogP contribution in [0.15, 0.2) is 218 Å². The Bertz CT molecular complexity index is 4340. The summed E-state index contributed by atoms with van der Waals surface area (Å²) < 4.78 is 46.7. The van der Waals surface area contributed by atoms with Gasteiger partial charge in [0.15, 0.2) is 0 Å². The second kappa shape index (κ2) is 42.1. The molecule has 558 valence electrons. The molecular formula is C80H98FN11O13. The number of hydrogen-bond acceptors (Lipinski definition) is 18. The van der Waals surface area contributed by atoms with Gasteiger partial charge in [0.2, 0.25) is 11.7 Å². The molecule has 8 N–H and O–H groups in total. The molecule has 0 saturated carbocycles. The number of alkyl carbamates (subject to hydrolysis) is 2. The van der Waals surface area contributed by atoms with Crippen molar-refractivity contribution >= 4 is 86.0 Å². The number of benzene rings is 9. The van der Waals surface area contributed by atoms with Crippen LogP contribution < -0.4 is 56.6 Å². The molecule has 0 radical (unpaired) electrons. The molecule has 3 amide bonds. The molecule has 0 aliphatic rings. The van der Waals surface area contributed by atoms with E-state index in [4.69, 9.17) is 39.1 Å². The van der Waals surface area contributed by atoms with Crippen molar-refractivity contribution in [2.45, 2.75) is 121 Å². The van der Waals surface area contributed by atoms with Crippen LogP contribution in [-0.2, 0) is 14.3 Å². The van der Waals surface area contributed by atoms with Crippen LogP contribution in [0.4, 0.5) is 70.9 Å². The van der Waals surface area contributed by atoms with Gasteiger partial charge in [-0.1, -0.05) is 75.5 Å². The lowest BCUT2D eigenvalue weighted by molar-refractivity contribution is -0.387. The quantitative estimate of drug-likeness (QED) is 0.0188. The van der Waals surface area contributed by atoms with Gasteiger partial charge in [-0.3, -0.25) is 29.6 Å². The van der Waals surface area contributed by atoms with Crippen LogP contribution in [0, 0.1) is 26.0 Å². The van der Waals surface area contributed by atoms with Gasteiger partial charge < -0.3 is 66.1 Å². The zero-order chi connectivity index (χ0) is 75.1. The minimum absolute atomic E-state index is 0. The van der Waals surface area contributed by atoms with Gasteiger partial charge in [0.25, 0.3) is 5.69 Å². The van der Waals surface area contributed by atoms with E-state index in [0.29, 0.717) is 37.8 Å². The van der Waals surface area contributed by atoms with Crippen molar-refractivity contribution in [2.24, 2.45) is 0 Å². The van der Waals surface area contributed by atoms with E-state index >= 15 is 0 Å². The Balaban J connectivity index is 0.000000287. The largest absolute Gasteiger partial charge is 0.494 e. The summed E-state index contributed by atoms with van der Waals surface area (Å²) >= 11 is 0. The molecule has 105 heavy (non-hydrogen) atoms. The maximum atomic E-state index is 12.5. The molecule has 1 aromatic heterocycles. The average Bonchev–Trinajstić information content (AvgIpc) is 1.63. The number of nitrogens with one attached hydrogen (secondary N) is 6. The van der Waals surface area contributed by atoms with Crippen molar-refractivity contribution in [3.05, 3.63) is 250 Å². The van der Waals surface area contributed by atoms with E-state index in [9.17, 15) is 39.0 Å². The van der Waals surface area contributed by atoms with Gasteiger partial charge in [-0.05, 0) is 229 Å². The Kier molecular flexibility index (Phi) is 34.1. The topological polar surface area (TPSA) is 309 Å². The maximum Gasteiger partial charge on any atom is 0.408 e. The lowest BCUT2D eigenvalue weighted by Gasteiger charge is -2.22. The molecule has 0 aliphatic heterocycles. The first-order valence-corrected chi connectivity index (χ1v) is 33.2. The fourth-order valence-electron chi connectivity index (χ4n) is 9.32. The molecule has 2 atom stereocenters. The number of nitrogens with zero attached hydrogens (tertiary/aromatic N) is 4. The van der Waals surface area contributed by atoms with Crippen LogP contribution in [0.2, 0.25) is 0 Å². The number of fused-ring (bicyclic) bond motifs is 1. The van der Waals surface area contributed by atoms with Crippen LogP contribution in [-0.4, -0.2) is 81.2 Å². The summed E-state index contributed by atoms with van der Waals surface area (Å²) in [6, 6.07) is 63.9. The number of rotatable bonds is 22. The Morgan fingerprint density at radius 1 is 0.486 bits per heavy atom. The zero-order valence-corrected chi connectivity index (χ0v) is 59.8. The number of nitrogens with two attached hydrogens (primary N) is 1. The molecule has 10 aromatic rings. The van der Waals surface area contributed by atoms with Crippen molar-refractivity contribution in [2.75, 3.05) is 53.4 Å². The highest BCUT2D eigenvalue weighted by Gasteiger charge is 2.25. The molecule has 9 aromatic carbocycles. The number of carbonyl (C=O) groups excluding carboxylic acids is 3. The first-order valence-electron chi connectivity index (χ1n) is 33.2. The van der Waals surface area contributed by atoms with Gasteiger partial charge in [0.05, 0.1) is 76.1 Å². The van der Waals surface area contributed by atoms with Gasteiger partial charge in [-0.15, -0.1) is 0 Å². The second-order valence-corrected chi connectivity index (χ2v) is 24.3. The number of anilines is 8. The molecular weight excluding hydrogens is 1340 g/mol. The first-order chi connectivity index (χ1) is 49.2. The molecule has 0 fully saturated rings. The number of aromatic nitrogens is 2. The predicted molar refractivity (Wildman–Crippen MR) is 417 cm³/mol. The molecule has 25 heteroatoms. The fraction of sp³-hybridized carbons (Fsp3) is 0.275. The summed E-state index contributed by atoms with van der Waals surface area (Å²) in [6.07, 6.45) is -1.11. The summed E-state index contributed by atoms with van der Waals surface area (Å²) in [4.78, 5) is 61.1. The highest BCUT2D eigenvalue weighted by molar-refractivity contribution is 5.99. The smallest absolute Gasteiger partial charge is 0.408 e. The molecule has 0 bridgehead atoms. The summed E-state index contributed by atoms with van der Waals surface area (Å²) in [5.74, 6) is 2.84. The fourth-order valence-corrected chi connectivity index (χ4v) is 9.32.